The van der Waals surface area contributed by atoms with E-state index in [0.717, 1.165) is 13.6 Å². The topological polar surface area (TPSA) is 80.0 Å². The van der Waals surface area contributed by atoms with Crippen LogP contribution in [0.1, 0.15) is 10.4 Å². The van der Waals surface area contributed by atoms with Crippen LogP contribution in [-0.2, 0) is 0 Å². The fraction of sp³-hybridized carbons (Fsp3) is 0. The van der Waals surface area contributed by atoms with E-state index in [1.54, 1.807) is 42.7 Å². The zero-order valence-electron chi connectivity index (χ0n) is 14.6. The number of hydrogen-bond donors (Lipinski definition) is 2. The van der Waals surface area contributed by atoms with Crippen LogP contribution < -0.4 is 10.6 Å². The number of carbonyl (C=O) groups is 1. The summed E-state index contributed by atoms with van der Waals surface area (Å²) in [5.41, 5.74) is 3.30. The Morgan fingerprint density at radius 3 is 2.79 bits per heavy atom. The molecule has 2 N–H and O–H groups in total. The van der Waals surface area contributed by atoms with Crippen molar-refractivity contribution < 1.29 is 9.21 Å². The van der Waals surface area contributed by atoms with Crippen LogP contribution in [0.15, 0.2) is 69.8 Å². The largest absolute Gasteiger partial charge is 0.436 e. The van der Waals surface area contributed by atoms with E-state index in [-0.39, 0.29) is 11.0 Å². The Balaban J connectivity index is 1.49. The minimum Gasteiger partial charge on any atom is -0.436 e. The molecule has 0 saturated heterocycles. The number of nitrogens with zero attached hydrogens (tertiary/aromatic N) is 2. The summed E-state index contributed by atoms with van der Waals surface area (Å²) in [5.74, 6) is 0.202. The van der Waals surface area contributed by atoms with E-state index in [1.165, 1.54) is 0 Å². The van der Waals surface area contributed by atoms with Crippen molar-refractivity contribution in [2.75, 3.05) is 5.32 Å². The van der Waals surface area contributed by atoms with Crippen LogP contribution in [0.4, 0.5) is 5.69 Å². The molecule has 0 bridgehead atoms. The number of anilines is 1. The lowest BCUT2D eigenvalue weighted by Gasteiger charge is -2.09. The number of amides is 1. The second-order valence-corrected chi connectivity index (χ2v) is 8.58. The van der Waals surface area contributed by atoms with Gasteiger partial charge in [0, 0.05) is 31.7 Å². The summed E-state index contributed by atoms with van der Waals surface area (Å²) in [6.45, 7) is 0. The number of hydrogen-bond acceptors (Lipinski definition) is 5. The molecule has 0 fully saturated rings. The van der Waals surface area contributed by atoms with Gasteiger partial charge in [0.2, 0.25) is 5.89 Å². The Bertz CT molecular complexity index is 1240. The van der Waals surface area contributed by atoms with Gasteiger partial charge in [-0.3, -0.25) is 15.1 Å². The molecule has 6 nitrogen and oxygen atoms in total. The van der Waals surface area contributed by atoms with Crippen LogP contribution in [0.3, 0.4) is 0 Å². The molecule has 144 valence electrons. The normalized spacial score (nSPS) is 10.7. The molecule has 0 aliphatic rings. The number of pyridine rings is 1. The maximum atomic E-state index is 12.3. The number of benzene rings is 2. The van der Waals surface area contributed by atoms with Gasteiger partial charge in [-0.25, -0.2) is 4.98 Å². The number of carbonyl (C=O) groups excluding carboxylic acids is 1. The number of nitrogens with one attached hydrogen (secondary N) is 2. The van der Waals surface area contributed by atoms with Gasteiger partial charge in [-0.2, -0.15) is 0 Å². The van der Waals surface area contributed by atoms with Crippen LogP contribution in [-0.4, -0.2) is 21.0 Å². The van der Waals surface area contributed by atoms with Crippen molar-refractivity contribution in [2.24, 2.45) is 0 Å². The summed E-state index contributed by atoms with van der Waals surface area (Å²) < 4.78 is 7.62. The molecule has 0 aliphatic carbocycles. The van der Waals surface area contributed by atoms with Gasteiger partial charge in [-0.05, 0) is 93.2 Å². The first-order chi connectivity index (χ1) is 14.0. The molecule has 29 heavy (non-hydrogen) atoms. The second kappa shape index (κ2) is 8.56. The summed E-state index contributed by atoms with van der Waals surface area (Å²) in [7, 11) is 0. The van der Waals surface area contributed by atoms with Gasteiger partial charge in [0.25, 0.3) is 5.91 Å². The van der Waals surface area contributed by atoms with Crippen LogP contribution in [0.2, 0.25) is 0 Å². The average molecular weight is 579 g/mol. The van der Waals surface area contributed by atoms with Gasteiger partial charge in [0.05, 0.1) is 5.56 Å². The lowest BCUT2D eigenvalue weighted by molar-refractivity contribution is 0.0977. The van der Waals surface area contributed by atoms with E-state index in [9.17, 15) is 4.79 Å². The molecule has 9 heteroatoms. The van der Waals surface area contributed by atoms with Crippen molar-refractivity contribution >= 4 is 78.5 Å². The van der Waals surface area contributed by atoms with Crippen molar-refractivity contribution in [1.29, 1.82) is 0 Å². The zero-order chi connectivity index (χ0) is 20.4. The first kappa shape index (κ1) is 19.9. The quantitative estimate of drug-likeness (QED) is 0.251. The van der Waals surface area contributed by atoms with Crippen molar-refractivity contribution in [3.8, 4) is 11.5 Å². The van der Waals surface area contributed by atoms with Crippen molar-refractivity contribution in [2.45, 2.75) is 0 Å². The minimum absolute atomic E-state index is 0.202. The van der Waals surface area contributed by atoms with Crippen molar-refractivity contribution in [3.05, 3.63) is 74.5 Å². The maximum absolute atomic E-state index is 12.3. The van der Waals surface area contributed by atoms with E-state index >= 15 is 0 Å². The second-order valence-electron chi connectivity index (χ2n) is 6.01. The molecule has 4 aromatic rings. The van der Waals surface area contributed by atoms with Gasteiger partial charge in [0.1, 0.15) is 5.52 Å². The molecule has 0 saturated carbocycles. The molecule has 0 aliphatic heterocycles. The fourth-order valence-electron chi connectivity index (χ4n) is 2.62. The fourth-order valence-corrected chi connectivity index (χ4v) is 3.74. The number of thiocarbonyl (C=S) groups is 1. The van der Waals surface area contributed by atoms with Gasteiger partial charge in [-0.15, -0.1) is 0 Å². The SMILES string of the molecule is O=C(NC(=S)Nc1ccc2oc(-c3cncc(Br)c3)nc2c1)c1cccc(I)c1. The molecule has 0 unspecified atom stereocenters. The van der Waals surface area contributed by atoms with E-state index in [2.05, 4.69) is 59.1 Å². The third-order valence-electron chi connectivity index (χ3n) is 3.91. The lowest BCUT2D eigenvalue weighted by Crippen LogP contribution is -2.34. The highest BCUT2D eigenvalue weighted by Crippen LogP contribution is 2.27. The van der Waals surface area contributed by atoms with Crippen molar-refractivity contribution in [1.82, 2.24) is 15.3 Å². The summed E-state index contributed by atoms with van der Waals surface area (Å²) in [4.78, 5) is 21.0. The zero-order valence-corrected chi connectivity index (χ0v) is 19.2. The third kappa shape index (κ3) is 4.80. The van der Waals surface area contributed by atoms with Crippen molar-refractivity contribution in [3.63, 3.8) is 0 Å². The molecule has 0 atom stereocenters. The molecule has 2 aromatic carbocycles. The smallest absolute Gasteiger partial charge is 0.257 e. The maximum Gasteiger partial charge on any atom is 0.257 e. The molecule has 0 spiro atoms. The average Bonchev–Trinajstić information content (AvgIpc) is 3.11. The highest BCUT2D eigenvalue weighted by Gasteiger charge is 2.12. The Hall–Kier alpha value is -2.37. The van der Waals surface area contributed by atoms with E-state index in [0.29, 0.717) is 28.2 Å². The highest BCUT2D eigenvalue weighted by atomic mass is 127. The first-order valence-electron chi connectivity index (χ1n) is 8.37. The van der Waals surface area contributed by atoms with Crippen LogP contribution in [0.5, 0.6) is 0 Å². The van der Waals surface area contributed by atoms with Crippen LogP contribution in [0.25, 0.3) is 22.6 Å². The Morgan fingerprint density at radius 1 is 1.14 bits per heavy atom. The Labute approximate surface area is 193 Å². The molecule has 1 amide bonds. The Kier molecular flexibility index (Phi) is 5.88. The monoisotopic (exact) mass is 578 g/mol. The van der Waals surface area contributed by atoms with Crippen LogP contribution in [0, 0.1) is 3.57 Å². The summed E-state index contributed by atoms with van der Waals surface area (Å²) in [6.07, 6.45) is 3.38. The van der Waals surface area contributed by atoms with Gasteiger partial charge in [-0.1, -0.05) is 6.07 Å². The standard InChI is InChI=1S/C20H12BrIN4O2S/c21-13-6-12(9-23-10-13)19-25-16-8-15(4-5-17(16)28-19)24-20(29)26-18(27)11-2-1-3-14(22)7-11/h1-10H,(H2,24,26,27,29). The summed E-state index contributed by atoms with van der Waals surface area (Å²) in [6, 6.07) is 14.6. The van der Waals surface area contributed by atoms with Crippen LogP contribution >= 0.6 is 50.7 Å². The van der Waals surface area contributed by atoms with E-state index in [4.69, 9.17) is 16.6 Å². The molecule has 0 radical (unpaired) electrons. The number of oxazole rings is 1. The molecular formula is C20H12BrIN4O2S. The minimum atomic E-state index is -0.270. The summed E-state index contributed by atoms with van der Waals surface area (Å²) in [5, 5.41) is 5.88. The van der Waals surface area contributed by atoms with E-state index < -0.39 is 0 Å². The molecule has 2 aromatic heterocycles. The predicted molar refractivity (Wildman–Crippen MR) is 128 cm³/mol. The Morgan fingerprint density at radius 2 is 2.00 bits per heavy atom. The summed E-state index contributed by atoms with van der Waals surface area (Å²) >= 11 is 10.8. The van der Waals surface area contributed by atoms with Gasteiger partial charge in [0.15, 0.2) is 10.7 Å². The number of aromatic nitrogens is 2. The highest BCUT2D eigenvalue weighted by molar-refractivity contribution is 14.1. The lowest BCUT2D eigenvalue weighted by atomic mass is 10.2. The predicted octanol–water partition coefficient (Wildman–Crippen LogP) is 5.38. The van der Waals surface area contributed by atoms with Gasteiger partial charge >= 0.3 is 0 Å². The first-order valence-corrected chi connectivity index (χ1v) is 10.7. The molecule has 4 rings (SSSR count). The third-order valence-corrected chi connectivity index (χ3v) is 5.22. The van der Waals surface area contributed by atoms with Gasteiger partial charge < -0.3 is 9.73 Å². The number of halogens is 2. The number of rotatable bonds is 3. The van der Waals surface area contributed by atoms with E-state index in [1.807, 2.05) is 18.2 Å². The molecule has 2 heterocycles. The molecular weight excluding hydrogens is 567 g/mol. The number of fused-ring (bicyclic) bond motifs is 1.